The zero-order valence-corrected chi connectivity index (χ0v) is 19.6. The summed E-state index contributed by atoms with van der Waals surface area (Å²) in [7, 11) is -3.93. The standard InChI is InChI=1S/C17H35BO5Si2/c1-16(2)17(3,4)23-18(22-16)15-11-13(20-24(5,6)7)14(12-19-15)21-25(8,9)10/h11,13-14H,12H2,1-10H3. The number of hydrogen-bond donors (Lipinski definition) is 0. The predicted octanol–water partition coefficient (Wildman–Crippen LogP) is 3.97. The summed E-state index contributed by atoms with van der Waals surface area (Å²) in [4.78, 5) is 0. The molecular weight excluding hydrogens is 351 g/mol. The van der Waals surface area contributed by atoms with Crippen LogP contribution in [-0.4, -0.2) is 53.8 Å². The summed E-state index contributed by atoms with van der Waals surface area (Å²) in [6.07, 6.45) is 1.81. The van der Waals surface area contributed by atoms with Crippen molar-refractivity contribution in [2.24, 2.45) is 0 Å². The van der Waals surface area contributed by atoms with Gasteiger partial charge >= 0.3 is 7.12 Å². The first kappa shape index (κ1) is 21.2. The van der Waals surface area contributed by atoms with Crippen LogP contribution in [0.15, 0.2) is 11.7 Å². The topological polar surface area (TPSA) is 46.2 Å². The largest absolute Gasteiger partial charge is 0.531 e. The molecule has 1 fully saturated rings. The van der Waals surface area contributed by atoms with Crippen molar-refractivity contribution in [2.45, 2.75) is 90.4 Å². The maximum absolute atomic E-state index is 6.40. The zero-order valence-electron chi connectivity index (χ0n) is 17.6. The summed E-state index contributed by atoms with van der Waals surface area (Å²) in [6, 6.07) is 0. The average molecular weight is 386 g/mol. The van der Waals surface area contributed by atoms with E-state index < -0.39 is 23.8 Å². The van der Waals surface area contributed by atoms with Gasteiger partial charge in [0.05, 0.1) is 17.3 Å². The minimum absolute atomic E-state index is 0.0791. The number of hydrogen-bond acceptors (Lipinski definition) is 5. The molecule has 5 nitrogen and oxygen atoms in total. The summed E-state index contributed by atoms with van der Waals surface area (Å²) in [5.41, 5.74) is -0.0666. The third-order valence-electron chi connectivity index (χ3n) is 4.59. The van der Waals surface area contributed by atoms with Crippen LogP contribution in [-0.2, 0) is 22.9 Å². The lowest BCUT2D eigenvalue weighted by Crippen LogP contribution is -2.48. The van der Waals surface area contributed by atoms with Gasteiger partial charge < -0.3 is 22.9 Å². The third-order valence-corrected chi connectivity index (χ3v) is 6.58. The highest BCUT2D eigenvalue weighted by Gasteiger charge is 2.54. The van der Waals surface area contributed by atoms with Crippen LogP contribution in [0.2, 0.25) is 39.3 Å². The summed E-state index contributed by atoms with van der Waals surface area (Å²) >= 11 is 0. The Labute approximate surface area is 155 Å². The Morgan fingerprint density at radius 2 is 1.40 bits per heavy atom. The van der Waals surface area contributed by atoms with Crippen molar-refractivity contribution >= 4 is 23.8 Å². The van der Waals surface area contributed by atoms with Crippen molar-refractivity contribution in [1.29, 1.82) is 0 Å². The summed E-state index contributed by atoms with van der Waals surface area (Å²) < 4.78 is 31.0. The van der Waals surface area contributed by atoms with Crippen LogP contribution < -0.4 is 0 Å². The minimum Gasteiger partial charge on any atom is -0.499 e. The lowest BCUT2D eigenvalue weighted by atomic mass is 9.84. The van der Waals surface area contributed by atoms with E-state index in [0.717, 1.165) is 0 Å². The average Bonchev–Trinajstić information content (AvgIpc) is 2.57. The molecule has 0 radical (unpaired) electrons. The molecule has 2 atom stereocenters. The smallest absolute Gasteiger partial charge is 0.499 e. The van der Waals surface area contributed by atoms with Crippen LogP contribution in [0.3, 0.4) is 0 Å². The number of rotatable bonds is 5. The van der Waals surface area contributed by atoms with E-state index in [1.165, 1.54) is 0 Å². The molecule has 2 aliphatic rings. The lowest BCUT2D eigenvalue weighted by molar-refractivity contribution is 0.000417. The van der Waals surface area contributed by atoms with E-state index in [1.807, 2.05) is 33.8 Å². The summed E-state index contributed by atoms with van der Waals surface area (Å²) in [5.74, 6) is 0. The van der Waals surface area contributed by atoms with Gasteiger partial charge in [-0.2, -0.15) is 0 Å². The van der Waals surface area contributed by atoms with Crippen molar-refractivity contribution < 1.29 is 22.9 Å². The second-order valence-corrected chi connectivity index (χ2v) is 18.9. The van der Waals surface area contributed by atoms with Gasteiger partial charge in [-0.1, -0.05) is 0 Å². The first-order valence-electron chi connectivity index (χ1n) is 9.15. The van der Waals surface area contributed by atoms with Crippen molar-refractivity contribution in [3.63, 3.8) is 0 Å². The van der Waals surface area contributed by atoms with Crippen LogP contribution >= 0.6 is 0 Å². The Morgan fingerprint density at radius 1 is 0.920 bits per heavy atom. The van der Waals surface area contributed by atoms with E-state index in [-0.39, 0.29) is 23.4 Å². The highest BCUT2D eigenvalue weighted by Crippen LogP contribution is 2.39. The number of ether oxygens (including phenoxy) is 1. The Bertz CT molecular complexity index is 506. The molecule has 2 aliphatic heterocycles. The van der Waals surface area contributed by atoms with Crippen LogP contribution in [0.5, 0.6) is 0 Å². The van der Waals surface area contributed by atoms with Crippen molar-refractivity contribution in [3.05, 3.63) is 11.7 Å². The highest BCUT2D eigenvalue weighted by atomic mass is 28.4. The van der Waals surface area contributed by atoms with Gasteiger partial charge in [-0.3, -0.25) is 0 Å². The molecular formula is C17H35BO5Si2. The molecule has 0 aliphatic carbocycles. The molecule has 1 saturated heterocycles. The van der Waals surface area contributed by atoms with E-state index in [0.29, 0.717) is 12.3 Å². The van der Waals surface area contributed by atoms with Gasteiger partial charge in [-0.25, -0.2) is 0 Å². The van der Waals surface area contributed by atoms with Gasteiger partial charge in [0.15, 0.2) is 16.6 Å². The molecule has 0 aromatic carbocycles. The van der Waals surface area contributed by atoms with Gasteiger partial charge in [0.1, 0.15) is 18.4 Å². The fourth-order valence-electron chi connectivity index (χ4n) is 2.77. The maximum atomic E-state index is 6.40. The van der Waals surface area contributed by atoms with Gasteiger partial charge in [0.2, 0.25) is 0 Å². The molecule has 0 aromatic rings. The van der Waals surface area contributed by atoms with Gasteiger partial charge in [0.25, 0.3) is 0 Å². The zero-order chi connectivity index (χ0) is 19.3. The molecule has 2 heterocycles. The van der Waals surface area contributed by atoms with Gasteiger partial charge in [0, 0.05) is 0 Å². The van der Waals surface area contributed by atoms with Crippen LogP contribution in [0.1, 0.15) is 27.7 Å². The molecule has 0 amide bonds. The fraction of sp³-hybridized carbons (Fsp3) is 0.882. The third kappa shape index (κ3) is 5.43. The summed E-state index contributed by atoms with van der Waals surface area (Å²) in [6.45, 7) is 21.8. The Morgan fingerprint density at radius 3 is 1.84 bits per heavy atom. The molecule has 0 aromatic heterocycles. The van der Waals surface area contributed by atoms with Crippen LogP contribution in [0, 0.1) is 0 Å². The summed E-state index contributed by atoms with van der Waals surface area (Å²) in [5, 5.41) is 0. The minimum atomic E-state index is -1.73. The van der Waals surface area contributed by atoms with E-state index in [1.54, 1.807) is 0 Å². The molecule has 0 bridgehead atoms. The van der Waals surface area contributed by atoms with Crippen molar-refractivity contribution in [2.75, 3.05) is 6.61 Å². The van der Waals surface area contributed by atoms with Crippen molar-refractivity contribution in [3.8, 4) is 0 Å². The Balaban J connectivity index is 2.22. The SMILES string of the molecule is CC1(C)OB(C2=CC(O[Si](C)(C)C)C(O[Si](C)(C)C)CO2)OC1(C)C. The Kier molecular flexibility index (Phi) is 5.76. The molecule has 0 N–H and O–H groups in total. The first-order valence-corrected chi connectivity index (χ1v) is 16.0. The molecule has 8 heteroatoms. The first-order chi connectivity index (χ1) is 11.1. The molecule has 2 rings (SSSR count). The van der Waals surface area contributed by atoms with Crippen LogP contribution in [0.25, 0.3) is 0 Å². The molecule has 0 saturated carbocycles. The van der Waals surface area contributed by atoms with Crippen LogP contribution in [0.4, 0.5) is 0 Å². The molecule has 2 unspecified atom stereocenters. The lowest BCUT2D eigenvalue weighted by Gasteiger charge is -2.37. The van der Waals surface area contributed by atoms with E-state index in [2.05, 4.69) is 39.3 Å². The van der Waals surface area contributed by atoms with E-state index >= 15 is 0 Å². The van der Waals surface area contributed by atoms with Gasteiger partial charge in [-0.15, -0.1) is 0 Å². The maximum Gasteiger partial charge on any atom is 0.531 e. The normalized spacial score (nSPS) is 29.4. The van der Waals surface area contributed by atoms with E-state index in [9.17, 15) is 0 Å². The van der Waals surface area contributed by atoms with Crippen molar-refractivity contribution in [1.82, 2.24) is 0 Å². The quantitative estimate of drug-likeness (QED) is 0.669. The highest BCUT2D eigenvalue weighted by molar-refractivity contribution is 6.70. The van der Waals surface area contributed by atoms with Gasteiger partial charge in [-0.05, 0) is 73.1 Å². The second kappa shape index (κ2) is 6.80. The predicted molar refractivity (Wildman–Crippen MR) is 107 cm³/mol. The molecule has 144 valence electrons. The fourth-order valence-corrected chi connectivity index (χ4v) is 4.92. The monoisotopic (exact) mass is 386 g/mol. The molecule has 25 heavy (non-hydrogen) atoms. The van der Waals surface area contributed by atoms with E-state index in [4.69, 9.17) is 22.9 Å². The Hall–Kier alpha value is -0.121. The molecule has 0 spiro atoms. The second-order valence-electron chi connectivity index (χ2n) is 9.93.